The molecule has 0 saturated carbocycles. The van der Waals surface area contributed by atoms with E-state index in [4.69, 9.17) is 18.6 Å². The van der Waals surface area contributed by atoms with Gasteiger partial charge >= 0.3 is 5.97 Å². The second-order valence-corrected chi connectivity index (χ2v) is 10.2. The molecule has 0 aliphatic carbocycles. The average Bonchev–Trinajstić information content (AvgIpc) is 3.51. The number of benzene rings is 1. The summed E-state index contributed by atoms with van der Waals surface area (Å²) in [6, 6.07) is 9.72. The van der Waals surface area contributed by atoms with E-state index in [0.717, 1.165) is 0 Å². The van der Waals surface area contributed by atoms with Crippen molar-refractivity contribution in [3.8, 4) is 11.5 Å². The summed E-state index contributed by atoms with van der Waals surface area (Å²) in [5.41, 5.74) is 0.998. The van der Waals surface area contributed by atoms with Gasteiger partial charge in [0.1, 0.15) is 23.3 Å². The molecule has 0 spiro atoms. The molecule has 1 aliphatic heterocycles. The summed E-state index contributed by atoms with van der Waals surface area (Å²) in [6.07, 6.45) is 4.97. The fourth-order valence-electron chi connectivity index (χ4n) is 4.15. The van der Waals surface area contributed by atoms with Gasteiger partial charge in [-0.05, 0) is 55.9 Å². The van der Waals surface area contributed by atoms with Crippen LogP contribution in [-0.2, 0) is 9.53 Å². The van der Waals surface area contributed by atoms with Crippen molar-refractivity contribution < 1.29 is 23.4 Å². The molecule has 0 N–H and O–H groups in total. The number of aromatic nitrogens is 3. The van der Waals surface area contributed by atoms with Gasteiger partial charge in [-0.2, -0.15) is 0 Å². The maximum Gasteiger partial charge on any atom is 0.338 e. The Kier molecular flexibility index (Phi) is 7.66. The Morgan fingerprint density at radius 1 is 1.18 bits per heavy atom. The summed E-state index contributed by atoms with van der Waals surface area (Å²) in [6.45, 7) is 3.64. The van der Waals surface area contributed by atoms with Gasteiger partial charge < -0.3 is 18.6 Å². The molecule has 10 nitrogen and oxygen atoms in total. The maximum atomic E-state index is 13.8. The molecule has 1 aliphatic rings. The van der Waals surface area contributed by atoms with E-state index >= 15 is 0 Å². The maximum absolute atomic E-state index is 13.8. The molecule has 0 bridgehead atoms. The topological polar surface area (TPSA) is 118 Å². The number of ether oxygens (including phenoxy) is 3. The molecule has 4 heterocycles. The van der Waals surface area contributed by atoms with Crippen LogP contribution < -0.4 is 24.4 Å². The highest BCUT2D eigenvalue weighted by atomic mass is 32.2. The molecule has 1 atom stereocenters. The largest absolute Gasteiger partial charge is 0.497 e. The third kappa shape index (κ3) is 5.25. The van der Waals surface area contributed by atoms with Gasteiger partial charge in [0.2, 0.25) is 0 Å². The van der Waals surface area contributed by atoms with Crippen molar-refractivity contribution >= 4 is 35.1 Å². The summed E-state index contributed by atoms with van der Waals surface area (Å²) < 4.78 is 24.1. The first-order valence-corrected chi connectivity index (χ1v) is 13.5. The first-order chi connectivity index (χ1) is 18.9. The monoisotopic (exact) mass is 564 g/mol. The van der Waals surface area contributed by atoms with Crippen molar-refractivity contribution in [1.29, 1.82) is 0 Å². The lowest BCUT2D eigenvalue weighted by atomic mass is 9.95. The fourth-order valence-corrected chi connectivity index (χ4v) is 5.86. The number of hydrogen-bond donors (Lipinski definition) is 0. The van der Waals surface area contributed by atoms with Gasteiger partial charge in [0.05, 0.1) is 36.6 Å². The number of rotatable bonds is 8. The van der Waals surface area contributed by atoms with Crippen LogP contribution in [0.3, 0.4) is 0 Å². The SMILES string of the molecule is CCOC(=O)C1=C(C)N=c2s/c(=C/c3ccc(Sc4ncccn4)o3)c(=O)n2[C@H]1c1ccc(OC)cc1OC. The molecule has 5 rings (SSSR count). The molecular weight excluding hydrogens is 540 g/mol. The molecule has 4 aromatic rings. The van der Waals surface area contributed by atoms with Crippen LogP contribution in [0.15, 0.2) is 84.5 Å². The molecule has 0 radical (unpaired) electrons. The van der Waals surface area contributed by atoms with Crippen LogP contribution >= 0.6 is 23.1 Å². The van der Waals surface area contributed by atoms with Gasteiger partial charge in [0.15, 0.2) is 15.1 Å². The summed E-state index contributed by atoms with van der Waals surface area (Å²) in [4.78, 5) is 40.4. The zero-order chi connectivity index (χ0) is 27.5. The summed E-state index contributed by atoms with van der Waals surface area (Å²) >= 11 is 2.48. The minimum absolute atomic E-state index is 0.180. The van der Waals surface area contributed by atoms with Crippen LogP contribution in [0.4, 0.5) is 0 Å². The summed E-state index contributed by atoms with van der Waals surface area (Å²) in [7, 11) is 3.08. The zero-order valence-corrected chi connectivity index (χ0v) is 23.2. The van der Waals surface area contributed by atoms with Crippen molar-refractivity contribution in [3.05, 3.63) is 91.1 Å². The van der Waals surface area contributed by atoms with E-state index in [2.05, 4.69) is 15.0 Å². The number of carbonyl (C=O) groups is 1. The molecule has 1 aromatic carbocycles. The van der Waals surface area contributed by atoms with Crippen molar-refractivity contribution in [2.24, 2.45) is 4.99 Å². The highest BCUT2D eigenvalue weighted by Crippen LogP contribution is 2.37. The Labute approximate surface area is 231 Å². The zero-order valence-electron chi connectivity index (χ0n) is 21.5. The quantitative estimate of drug-likeness (QED) is 0.235. The van der Waals surface area contributed by atoms with Gasteiger partial charge in [-0.3, -0.25) is 9.36 Å². The number of hydrogen-bond acceptors (Lipinski definition) is 11. The van der Waals surface area contributed by atoms with Crippen LogP contribution in [0, 0.1) is 0 Å². The van der Waals surface area contributed by atoms with Crippen molar-refractivity contribution in [2.45, 2.75) is 30.1 Å². The Morgan fingerprint density at radius 3 is 2.69 bits per heavy atom. The van der Waals surface area contributed by atoms with E-state index in [9.17, 15) is 9.59 Å². The third-order valence-corrected chi connectivity index (χ3v) is 7.66. The van der Waals surface area contributed by atoms with Crippen molar-refractivity contribution in [2.75, 3.05) is 20.8 Å². The van der Waals surface area contributed by atoms with E-state index in [1.54, 1.807) is 75.8 Å². The Balaban J connectivity index is 1.63. The number of esters is 1. The molecule has 3 aromatic heterocycles. The van der Waals surface area contributed by atoms with E-state index in [1.807, 2.05) is 0 Å². The number of nitrogens with zero attached hydrogens (tertiary/aromatic N) is 4. The number of thiazole rings is 1. The minimum atomic E-state index is -0.818. The lowest BCUT2D eigenvalue weighted by Crippen LogP contribution is -2.40. The first-order valence-electron chi connectivity index (χ1n) is 11.9. The van der Waals surface area contributed by atoms with Gasteiger partial charge in [-0.15, -0.1) is 0 Å². The van der Waals surface area contributed by atoms with Crippen LogP contribution in [0.2, 0.25) is 0 Å². The minimum Gasteiger partial charge on any atom is -0.497 e. The third-order valence-electron chi connectivity index (χ3n) is 5.86. The first kappa shape index (κ1) is 26.4. The predicted molar refractivity (Wildman–Crippen MR) is 145 cm³/mol. The molecule has 0 unspecified atom stereocenters. The lowest BCUT2D eigenvalue weighted by molar-refractivity contribution is -0.139. The van der Waals surface area contributed by atoms with Crippen LogP contribution in [0.25, 0.3) is 6.08 Å². The number of fused-ring (bicyclic) bond motifs is 1. The Bertz CT molecular complexity index is 1740. The van der Waals surface area contributed by atoms with Crippen molar-refractivity contribution in [1.82, 2.24) is 14.5 Å². The number of carbonyl (C=O) groups excluding carboxylic acids is 1. The molecule has 0 amide bonds. The molecule has 200 valence electrons. The molecule has 12 heteroatoms. The summed E-state index contributed by atoms with van der Waals surface area (Å²) in [5.74, 6) is 0.973. The molecule has 39 heavy (non-hydrogen) atoms. The number of allylic oxidation sites excluding steroid dienone is 1. The van der Waals surface area contributed by atoms with Crippen molar-refractivity contribution in [3.63, 3.8) is 0 Å². The van der Waals surface area contributed by atoms with Gasteiger partial charge in [-0.1, -0.05) is 11.3 Å². The highest BCUT2D eigenvalue weighted by Gasteiger charge is 2.35. The molecule has 0 fully saturated rings. The van der Waals surface area contributed by atoms with Gasteiger partial charge in [0, 0.05) is 30.1 Å². The summed E-state index contributed by atoms with van der Waals surface area (Å²) in [5, 5.41) is 1.13. The lowest BCUT2D eigenvalue weighted by Gasteiger charge is -2.26. The molecule has 0 saturated heterocycles. The number of methoxy groups -OCH3 is 2. The van der Waals surface area contributed by atoms with E-state index in [0.29, 0.717) is 48.1 Å². The normalized spacial score (nSPS) is 15.1. The molecular formula is C27H24N4O6S2. The second kappa shape index (κ2) is 11.3. The van der Waals surface area contributed by atoms with E-state index in [1.165, 1.54) is 34.8 Å². The second-order valence-electron chi connectivity index (χ2n) is 8.20. The van der Waals surface area contributed by atoms with Gasteiger partial charge in [-0.25, -0.2) is 19.8 Å². The Hall–Kier alpha value is -4.16. The van der Waals surface area contributed by atoms with E-state index in [-0.39, 0.29) is 17.7 Å². The van der Waals surface area contributed by atoms with E-state index < -0.39 is 12.0 Å². The predicted octanol–water partition coefficient (Wildman–Crippen LogP) is 3.35. The van der Waals surface area contributed by atoms with Crippen LogP contribution in [-0.4, -0.2) is 41.3 Å². The number of furan rings is 1. The Morgan fingerprint density at radius 2 is 1.97 bits per heavy atom. The average molecular weight is 565 g/mol. The van der Waals surface area contributed by atoms with Crippen LogP contribution in [0.1, 0.15) is 31.2 Å². The fraction of sp³-hybridized carbons (Fsp3) is 0.222. The van der Waals surface area contributed by atoms with Gasteiger partial charge in [0.25, 0.3) is 5.56 Å². The van der Waals surface area contributed by atoms with Crippen LogP contribution in [0.5, 0.6) is 11.5 Å². The smallest absolute Gasteiger partial charge is 0.338 e. The highest BCUT2D eigenvalue weighted by molar-refractivity contribution is 7.99. The standard InChI is InChI=1S/C27H24N4O6S2/c1-5-36-25(33)22-15(2)30-27-31(23(22)18-9-7-16(34-3)13-19(18)35-4)24(32)20(38-27)14-17-8-10-21(37-17)39-26-28-11-6-12-29-26/h6-14,23H,5H2,1-4H3/b20-14+/t23-/m0/s1.